The monoisotopic (exact) mass is 144 g/mol. The molecular weight excluding hydrogens is 132 g/mol. The third kappa shape index (κ3) is 0.900. The highest BCUT2D eigenvalue weighted by Crippen LogP contribution is 2.32. The minimum absolute atomic E-state index is 1.15. The second-order valence-electron chi connectivity index (χ2n) is 3.20. The first-order chi connectivity index (χ1) is 5.29. The fraction of sp³-hybridized carbons (Fsp3) is 0.273. The standard InChI is InChI=1S/C11H12/c1-8-4-3-5-10-9(2)6-7-11(8)10/h3-5H,2,6-7H2,1H3. The largest absolute Gasteiger partial charge is 0.0952 e. The molecule has 56 valence electrons. The predicted octanol–water partition coefficient (Wildman–Crippen LogP) is 2.95. The van der Waals surface area contributed by atoms with Gasteiger partial charge in [0.2, 0.25) is 0 Å². The average molecular weight is 144 g/mol. The van der Waals surface area contributed by atoms with Gasteiger partial charge in [-0.05, 0) is 42.0 Å². The Kier molecular flexibility index (Phi) is 1.35. The van der Waals surface area contributed by atoms with E-state index >= 15 is 0 Å². The molecule has 0 radical (unpaired) electrons. The molecule has 0 aromatic heterocycles. The topological polar surface area (TPSA) is 0 Å². The summed E-state index contributed by atoms with van der Waals surface area (Å²) < 4.78 is 0. The van der Waals surface area contributed by atoms with E-state index in [0.29, 0.717) is 0 Å². The van der Waals surface area contributed by atoms with E-state index in [9.17, 15) is 0 Å². The molecule has 0 heterocycles. The normalized spacial score (nSPS) is 15.2. The van der Waals surface area contributed by atoms with Gasteiger partial charge >= 0.3 is 0 Å². The molecule has 0 atom stereocenters. The van der Waals surface area contributed by atoms with Gasteiger partial charge in [-0.3, -0.25) is 0 Å². The van der Waals surface area contributed by atoms with Gasteiger partial charge in [-0.25, -0.2) is 0 Å². The van der Waals surface area contributed by atoms with Crippen LogP contribution < -0.4 is 0 Å². The summed E-state index contributed by atoms with van der Waals surface area (Å²) in [5.74, 6) is 0. The van der Waals surface area contributed by atoms with Crippen LogP contribution in [0.15, 0.2) is 24.8 Å². The first kappa shape index (κ1) is 6.66. The molecule has 0 spiro atoms. The van der Waals surface area contributed by atoms with E-state index in [0.717, 1.165) is 6.42 Å². The molecule has 0 amide bonds. The first-order valence-corrected chi connectivity index (χ1v) is 4.05. The number of hydrogen-bond acceptors (Lipinski definition) is 0. The van der Waals surface area contributed by atoms with Crippen molar-refractivity contribution in [3.63, 3.8) is 0 Å². The van der Waals surface area contributed by atoms with Crippen molar-refractivity contribution < 1.29 is 0 Å². The number of aryl methyl sites for hydroxylation is 1. The summed E-state index contributed by atoms with van der Waals surface area (Å²) in [5.41, 5.74) is 5.63. The lowest BCUT2D eigenvalue weighted by atomic mass is 10.0. The average Bonchev–Trinajstić information content (AvgIpc) is 2.35. The lowest BCUT2D eigenvalue weighted by Gasteiger charge is -2.01. The van der Waals surface area contributed by atoms with Gasteiger partial charge in [-0.2, -0.15) is 0 Å². The quantitative estimate of drug-likeness (QED) is 0.525. The van der Waals surface area contributed by atoms with Crippen molar-refractivity contribution in [3.8, 4) is 0 Å². The molecular formula is C11H12. The Bertz CT molecular complexity index is 308. The Labute approximate surface area is 67.6 Å². The zero-order chi connectivity index (χ0) is 7.84. The molecule has 0 heteroatoms. The van der Waals surface area contributed by atoms with Gasteiger partial charge in [0.1, 0.15) is 0 Å². The summed E-state index contributed by atoms with van der Waals surface area (Å²) >= 11 is 0. The van der Waals surface area contributed by atoms with Crippen LogP contribution in [0.2, 0.25) is 0 Å². The molecule has 1 aromatic carbocycles. The third-order valence-electron chi connectivity index (χ3n) is 2.47. The number of benzene rings is 1. The van der Waals surface area contributed by atoms with E-state index in [1.165, 1.54) is 28.7 Å². The minimum atomic E-state index is 1.15. The zero-order valence-electron chi connectivity index (χ0n) is 6.85. The van der Waals surface area contributed by atoms with Crippen molar-refractivity contribution in [1.29, 1.82) is 0 Å². The van der Waals surface area contributed by atoms with Crippen molar-refractivity contribution in [1.82, 2.24) is 0 Å². The summed E-state index contributed by atoms with van der Waals surface area (Å²) in [6, 6.07) is 6.47. The number of hydrogen-bond donors (Lipinski definition) is 0. The van der Waals surface area contributed by atoms with Crippen LogP contribution >= 0.6 is 0 Å². The number of fused-ring (bicyclic) bond motifs is 1. The summed E-state index contributed by atoms with van der Waals surface area (Å²) in [4.78, 5) is 0. The Morgan fingerprint density at radius 2 is 2.09 bits per heavy atom. The SMILES string of the molecule is C=C1CCc2c(C)cccc21. The van der Waals surface area contributed by atoms with E-state index in [2.05, 4.69) is 31.7 Å². The fourth-order valence-corrected chi connectivity index (χ4v) is 1.78. The first-order valence-electron chi connectivity index (χ1n) is 4.05. The summed E-state index contributed by atoms with van der Waals surface area (Å²) in [5, 5.41) is 0. The zero-order valence-corrected chi connectivity index (χ0v) is 6.85. The smallest absolute Gasteiger partial charge is 0.0195 e. The second kappa shape index (κ2) is 2.23. The maximum Gasteiger partial charge on any atom is -0.0195 e. The Morgan fingerprint density at radius 3 is 2.82 bits per heavy atom. The van der Waals surface area contributed by atoms with Crippen LogP contribution in [0.3, 0.4) is 0 Å². The van der Waals surface area contributed by atoms with Crippen LogP contribution in [0.5, 0.6) is 0 Å². The molecule has 0 bridgehead atoms. The molecule has 1 aliphatic rings. The van der Waals surface area contributed by atoms with Crippen molar-refractivity contribution in [2.24, 2.45) is 0 Å². The van der Waals surface area contributed by atoms with Gasteiger partial charge in [-0.15, -0.1) is 0 Å². The molecule has 0 aliphatic heterocycles. The summed E-state index contributed by atoms with van der Waals surface area (Å²) in [7, 11) is 0. The van der Waals surface area contributed by atoms with Crippen LogP contribution in [0, 0.1) is 6.92 Å². The van der Waals surface area contributed by atoms with Crippen LogP contribution in [0.4, 0.5) is 0 Å². The van der Waals surface area contributed by atoms with Crippen molar-refractivity contribution >= 4 is 5.57 Å². The fourth-order valence-electron chi connectivity index (χ4n) is 1.78. The maximum absolute atomic E-state index is 4.04. The highest BCUT2D eigenvalue weighted by atomic mass is 14.2. The van der Waals surface area contributed by atoms with Crippen LogP contribution in [0.25, 0.3) is 5.57 Å². The Morgan fingerprint density at radius 1 is 1.27 bits per heavy atom. The highest BCUT2D eigenvalue weighted by Gasteiger charge is 2.14. The van der Waals surface area contributed by atoms with Gasteiger partial charge in [0, 0.05) is 0 Å². The van der Waals surface area contributed by atoms with Crippen molar-refractivity contribution in [3.05, 3.63) is 41.5 Å². The van der Waals surface area contributed by atoms with E-state index in [-0.39, 0.29) is 0 Å². The molecule has 2 rings (SSSR count). The molecule has 0 fully saturated rings. The van der Waals surface area contributed by atoms with Gasteiger partial charge < -0.3 is 0 Å². The number of rotatable bonds is 0. The summed E-state index contributed by atoms with van der Waals surface area (Å²) in [6.07, 6.45) is 2.35. The highest BCUT2D eigenvalue weighted by molar-refractivity contribution is 5.71. The minimum Gasteiger partial charge on any atom is -0.0952 e. The van der Waals surface area contributed by atoms with Gasteiger partial charge in [-0.1, -0.05) is 24.8 Å². The summed E-state index contributed by atoms with van der Waals surface area (Å²) in [6.45, 7) is 6.21. The Hall–Kier alpha value is -1.04. The van der Waals surface area contributed by atoms with Gasteiger partial charge in [0.05, 0.1) is 0 Å². The number of allylic oxidation sites excluding steroid dienone is 1. The lowest BCUT2D eigenvalue weighted by molar-refractivity contribution is 1.06. The third-order valence-corrected chi connectivity index (χ3v) is 2.47. The van der Waals surface area contributed by atoms with E-state index in [4.69, 9.17) is 0 Å². The molecule has 1 aliphatic carbocycles. The van der Waals surface area contributed by atoms with Gasteiger partial charge in [0.15, 0.2) is 0 Å². The van der Waals surface area contributed by atoms with E-state index < -0.39 is 0 Å². The lowest BCUT2D eigenvalue weighted by Crippen LogP contribution is -1.84. The van der Waals surface area contributed by atoms with Crippen LogP contribution in [0.1, 0.15) is 23.1 Å². The van der Waals surface area contributed by atoms with Crippen LogP contribution in [-0.4, -0.2) is 0 Å². The molecule has 0 saturated heterocycles. The molecule has 1 aromatic rings. The maximum atomic E-state index is 4.04. The molecule has 11 heavy (non-hydrogen) atoms. The molecule has 0 nitrogen and oxygen atoms in total. The van der Waals surface area contributed by atoms with Gasteiger partial charge in [0.25, 0.3) is 0 Å². The van der Waals surface area contributed by atoms with Crippen molar-refractivity contribution in [2.45, 2.75) is 19.8 Å². The van der Waals surface area contributed by atoms with Crippen molar-refractivity contribution in [2.75, 3.05) is 0 Å². The predicted molar refractivity (Wildman–Crippen MR) is 48.5 cm³/mol. The van der Waals surface area contributed by atoms with E-state index in [1.54, 1.807) is 0 Å². The molecule has 0 unspecified atom stereocenters. The Balaban J connectivity index is 2.66. The molecule has 0 saturated carbocycles. The van der Waals surface area contributed by atoms with E-state index in [1.807, 2.05) is 0 Å². The molecule has 0 N–H and O–H groups in total. The van der Waals surface area contributed by atoms with Crippen LogP contribution in [-0.2, 0) is 6.42 Å². The second-order valence-corrected chi connectivity index (χ2v) is 3.20.